The van der Waals surface area contributed by atoms with E-state index in [0.29, 0.717) is 6.54 Å². The maximum atomic E-state index is 11.3. The van der Waals surface area contributed by atoms with Crippen LogP contribution in [0.25, 0.3) is 0 Å². The van der Waals surface area contributed by atoms with E-state index in [1.807, 2.05) is 30.3 Å². The van der Waals surface area contributed by atoms with Gasteiger partial charge in [0.05, 0.1) is 6.42 Å². The Morgan fingerprint density at radius 1 is 1.28 bits per heavy atom. The van der Waals surface area contributed by atoms with Gasteiger partial charge in [-0.15, -0.1) is 0 Å². The summed E-state index contributed by atoms with van der Waals surface area (Å²) in [6.07, 6.45) is 1.52. The highest BCUT2D eigenvalue weighted by Gasteiger charge is 2.15. The molecule has 98 valence electrons. The smallest absolute Gasteiger partial charge is 0.321 e. The number of nitrogens with two attached hydrogens (primary N) is 1. The van der Waals surface area contributed by atoms with Crippen LogP contribution in [0.5, 0.6) is 0 Å². The van der Waals surface area contributed by atoms with E-state index in [-0.39, 0.29) is 12.3 Å². The summed E-state index contributed by atoms with van der Waals surface area (Å²) in [6, 6.07) is 8.83. The Hall–Kier alpha value is -1.88. The van der Waals surface area contributed by atoms with Crippen molar-refractivity contribution in [1.29, 1.82) is 0 Å². The number of aryl methyl sites for hydroxylation is 1. The van der Waals surface area contributed by atoms with E-state index in [1.54, 1.807) is 0 Å². The maximum Gasteiger partial charge on any atom is 0.321 e. The van der Waals surface area contributed by atoms with E-state index in [0.717, 1.165) is 12.8 Å². The number of carboxylic acids is 1. The molecule has 0 fully saturated rings. The molecule has 5 heteroatoms. The van der Waals surface area contributed by atoms with Crippen LogP contribution in [-0.2, 0) is 16.0 Å². The maximum absolute atomic E-state index is 11.3. The Balaban J connectivity index is 2.14. The van der Waals surface area contributed by atoms with E-state index in [9.17, 15) is 9.59 Å². The second-order valence-corrected chi connectivity index (χ2v) is 4.09. The lowest BCUT2D eigenvalue weighted by Gasteiger charge is -2.07. The minimum atomic E-state index is -1.16. The molecule has 0 aromatic heterocycles. The van der Waals surface area contributed by atoms with Crippen molar-refractivity contribution in [1.82, 2.24) is 5.32 Å². The zero-order valence-electron chi connectivity index (χ0n) is 10.1. The van der Waals surface area contributed by atoms with E-state index < -0.39 is 12.0 Å². The molecule has 0 radical (unpaired) electrons. The molecule has 0 aliphatic carbocycles. The summed E-state index contributed by atoms with van der Waals surface area (Å²) in [5.41, 5.74) is 6.47. The topological polar surface area (TPSA) is 92.4 Å². The van der Waals surface area contributed by atoms with Crippen molar-refractivity contribution < 1.29 is 14.7 Å². The molecule has 0 saturated heterocycles. The molecular weight excluding hydrogens is 232 g/mol. The van der Waals surface area contributed by atoms with Crippen LogP contribution in [0.2, 0.25) is 0 Å². The van der Waals surface area contributed by atoms with Gasteiger partial charge in [0, 0.05) is 6.54 Å². The molecule has 1 aromatic rings. The number of benzene rings is 1. The number of amides is 1. The average molecular weight is 250 g/mol. The van der Waals surface area contributed by atoms with E-state index in [1.165, 1.54) is 5.56 Å². The third kappa shape index (κ3) is 5.45. The molecule has 1 amide bonds. The largest absolute Gasteiger partial charge is 0.480 e. The first-order valence-electron chi connectivity index (χ1n) is 5.88. The van der Waals surface area contributed by atoms with Crippen molar-refractivity contribution in [3.8, 4) is 0 Å². The van der Waals surface area contributed by atoms with Crippen LogP contribution in [-0.4, -0.2) is 29.6 Å². The van der Waals surface area contributed by atoms with Crippen molar-refractivity contribution in [3.05, 3.63) is 35.9 Å². The van der Waals surface area contributed by atoms with Gasteiger partial charge in [-0.2, -0.15) is 0 Å². The highest BCUT2D eigenvalue weighted by atomic mass is 16.4. The monoisotopic (exact) mass is 250 g/mol. The fraction of sp³-hybridized carbons (Fsp3) is 0.385. The lowest BCUT2D eigenvalue weighted by Crippen LogP contribution is -2.37. The number of carboxylic acid groups (broad SMARTS) is 1. The third-order valence-corrected chi connectivity index (χ3v) is 2.53. The summed E-state index contributed by atoms with van der Waals surface area (Å²) in [6.45, 7) is 0.528. The Labute approximate surface area is 106 Å². The van der Waals surface area contributed by atoms with Crippen molar-refractivity contribution in [3.63, 3.8) is 0 Å². The van der Waals surface area contributed by atoms with Crippen LogP contribution in [0, 0.1) is 0 Å². The molecule has 0 saturated carbocycles. The Kier molecular flexibility index (Phi) is 5.87. The highest BCUT2D eigenvalue weighted by Crippen LogP contribution is 2.01. The summed E-state index contributed by atoms with van der Waals surface area (Å²) < 4.78 is 0. The predicted molar refractivity (Wildman–Crippen MR) is 68.0 cm³/mol. The summed E-state index contributed by atoms with van der Waals surface area (Å²) in [5.74, 6) is -1.48. The molecule has 4 N–H and O–H groups in total. The Morgan fingerprint density at radius 3 is 2.56 bits per heavy atom. The van der Waals surface area contributed by atoms with Crippen molar-refractivity contribution in [2.45, 2.75) is 25.3 Å². The summed E-state index contributed by atoms with van der Waals surface area (Å²) in [4.78, 5) is 21.8. The van der Waals surface area contributed by atoms with Crippen LogP contribution >= 0.6 is 0 Å². The molecule has 1 atom stereocenters. The van der Waals surface area contributed by atoms with Crippen molar-refractivity contribution in [2.24, 2.45) is 5.73 Å². The fourth-order valence-electron chi connectivity index (χ4n) is 1.52. The van der Waals surface area contributed by atoms with Gasteiger partial charge in [-0.1, -0.05) is 30.3 Å². The molecule has 0 heterocycles. The molecule has 0 aliphatic rings. The van der Waals surface area contributed by atoms with Gasteiger partial charge in [0.1, 0.15) is 6.04 Å². The summed E-state index contributed by atoms with van der Waals surface area (Å²) in [7, 11) is 0. The molecule has 0 aliphatic heterocycles. The van der Waals surface area contributed by atoms with Gasteiger partial charge < -0.3 is 16.2 Å². The average Bonchev–Trinajstić information content (AvgIpc) is 2.35. The Morgan fingerprint density at radius 2 is 1.94 bits per heavy atom. The van der Waals surface area contributed by atoms with Crippen LogP contribution in [0.3, 0.4) is 0 Å². The molecular formula is C13H18N2O3. The molecule has 5 nitrogen and oxygen atoms in total. The zero-order valence-corrected chi connectivity index (χ0v) is 10.1. The number of nitrogens with one attached hydrogen (secondary N) is 1. The summed E-state index contributed by atoms with van der Waals surface area (Å²) in [5, 5.41) is 11.2. The van der Waals surface area contributed by atoms with Gasteiger partial charge >= 0.3 is 5.97 Å². The number of aliphatic carboxylic acids is 1. The van der Waals surface area contributed by atoms with Gasteiger partial charge in [-0.3, -0.25) is 9.59 Å². The molecule has 1 rings (SSSR count). The molecule has 0 bridgehead atoms. The number of rotatable bonds is 7. The number of hydrogen-bond acceptors (Lipinski definition) is 3. The Bertz CT molecular complexity index is 392. The third-order valence-electron chi connectivity index (χ3n) is 2.53. The predicted octanol–water partition coefficient (Wildman–Crippen LogP) is 0.537. The van der Waals surface area contributed by atoms with Gasteiger partial charge in [-0.05, 0) is 18.4 Å². The summed E-state index contributed by atoms with van der Waals surface area (Å²) >= 11 is 0. The first-order chi connectivity index (χ1) is 8.59. The lowest BCUT2D eigenvalue weighted by atomic mass is 10.1. The first-order valence-corrected chi connectivity index (χ1v) is 5.88. The van der Waals surface area contributed by atoms with Gasteiger partial charge in [0.25, 0.3) is 0 Å². The van der Waals surface area contributed by atoms with Gasteiger partial charge in [0.15, 0.2) is 0 Å². The standard InChI is InChI=1S/C13H18N2O3/c14-11(13(17)18)9-12(16)15-8-4-7-10-5-2-1-3-6-10/h1-3,5-6,11H,4,7-9,14H2,(H,15,16)(H,17,18)/t11-/m0/s1. The second-order valence-electron chi connectivity index (χ2n) is 4.09. The van der Waals surface area contributed by atoms with E-state index in [2.05, 4.69) is 5.32 Å². The zero-order chi connectivity index (χ0) is 13.4. The lowest BCUT2D eigenvalue weighted by molar-refractivity contribution is -0.140. The van der Waals surface area contributed by atoms with Crippen molar-refractivity contribution >= 4 is 11.9 Å². The fourth-order valence-corrected chi connectivity index (χ4v) is 1.52. The molecule has 18 heavy (non-hydrogen) atoms. The van der Waals surface area contributed by atoms with Crippen LogP contribution < -0.4 is 11.1 Å². The highest BCUT2D eigenvalue weighted by molar-refractivity contribution is 5.84. The molecule has 0 spiro atoms. The van der Waals surface area contributed by atoms with Gasteiger partial charge in [0.2, 0.25) is 5.91 Å². The van der Waals surface area contributed by atoms with Crippen LogP contribution in [0.1, 0.15) is 18.4 Å². The minimum Gasteiger partial charge on any atom is -0.480 e. The SMILES string of the molecule is N[C@@H](CC(=O)NCCCc1ccccc1)C(=O)O. The minimum absolute atomic E-state index is 0.180. The van der Waals surface area contributed by atoms with Gasteiger partial charge in [-0.25, -0.2) is 0 Å². The van der Waals surface area contributed by atoms with Crippen LogP contribution in [0.15, 0.2) is 30.3 Å². The van der Waals surface area contributed by atoms with Crippen molar-refractivity contribution in [2.75, 3.05) is 6.54 Å². The normalized spacial score (nSPS) is 11.8. The first kappa shape index (κ1) is 14.2. The van der Waals surface area contributed by atoms with E-state index in [4.69, 9.17) is 10.8 Å². The quantitative estimate of drug-likeness (QED) is 0.616. The number of carbonyl (C=O) groups excluding carboxylic acids is 1. The number of hydrogen-bond donors (Lipinski definition) is 3. The number of carbonyl (C=O) groups is 2. The van der Waals surface area contributed by atoms with E-state index >= 15 is 0 Å². The molecule has 1 aromatic carbocycles. The molecule has 0 unspecified atom stereocenters. The second kappa shape index (κ2) is 7.45. The van der Waals surface area contributed by atoms with Crippen LogP contribution in [0.4, 0.5) is 0 Å².